The lowest BCUT2D eigenvalue weighted by atomic mass is 10.0. The van der Waals surface area contributed by atoms with E-state index in [-0.39, 0.29) is 12.1 Å². The van der Waals surface area contributed by atoms with Crippen molar-refractivity contribution >= 4 is 19.2 Å². The van der Waals surface area contributed by atoms with E-state index in [2.05, 4.69) is 10.5 Å². The summed E-state index contributed by atoms with van der Waals surface area (Å²) in [6.45, 7) is 1.88. The summed E-state index contributed by atoms with van der Waals surface area (Å²) >= 11 is 0. The molecule has 0 spiro atoms. The highest BCUT2D eigenvalue weighted by Crippen LogP contribution is 2.49. The summed E-state index contributed by atoms with van der Waals surface area (Å²) in [6, 6.07) is 16.8. The van der Waals surface area contributed by atoms with Crippen LogP contribution in [0.5, 0.6) is 0 Å². The Balaban J connectivity index is 1.60. The van der Waals surface area contributed by atoms with Gasteiger partial charge in [0.1, 0.15) is 0 Å². The number of nitrogens with zero attached hydrogens (tertiary/aromatic N) is 1. The fraction of sp³-hybridized carbons (Fsp3) is 0.273. The molecule has 0 aliphatic heterocycles. The van der Waals surface area contributed by atoms with Crippen molar-refractivity contribution in [3.8, 4) is 11.3 Å². The van der Waals surface area contributed by atoms with Crippen LogP contribution in [0.4, 0.5) is 5.69 Å². The topological polar surface area (TPSA) is 90.7 Å². The average molecular weight is 428 g/mol. The van der Waals surface area contributed by atoms with Gasteiger partial charge in [-0.15, -0.1) is 0 Å². The van der Waals surface area contributed by atoms with Gasteiger partial charge in [-0.05, 0) is 31.0 Å². The van der Waals surface area contributed by atoms with Gasteiger partial charge in [0, 0.05) is 37.5 Å². The molecule has 1 heterocycles. The van der Waals surface area contributed by atoms with Crippen LogP contribution in [0.3, 0.4) is 0 Å². The monoisotopic (exact) mass is 428 g/mol. The quantitative estimate of drug-likeness (QED) is 0.471. The van der Waals surface area contributed by atoms with Gasteiger partial charge in [-0.25, -0.2) is 0 Å². The van der Waals surface area contributed by atoms with Crippen LogP contribution in [-0.2, 0) is 31.0 Å². The number of carbonyl (C=O) groups is 1. The number of benzene rings is 2. The standard InChI is InChI=1S/C22H25N2O5P/c1-16-20(22(29-24-16)18-7-5-4-6-8-18)13-14-21(25)23-19-11-9-17(10-12-19)15-30(26,27-2)28-3/h4-12H,13-15H2,1-3H3,(H,23,25). The molecule has 3 aromatic rings. The zero-order valence-corrected chi connectivity index (χ0v) is 18.1. The minimum absolute atomic E-state index is 0.109. The molecule has 0 fully saturated rings. The maximum absolute atomic E-state index is 12.4. The van der Waals surface area contributed by atoms with Crippen LogP contribution in [0.15, 0.2) is 59.1 Å². The number of nitrogens with one attached hydrogen (secondary N) is 1. The Morgan fingerprint density at radius 2 is 1.73 bits per heavy atom. The molecule has 0 radical (unpaired) electrons. The smallest absolute Gasteiger partial charge is 0.334 e. The van der Waals surface area contributed by atoms with Crippen LogP contribution in [0.2, 0.25) is 0 Å². The molecule has 1 N–H and O–H groups in total. The van der Waals surface area contributed by atoms with Gasteiger partial charge in [0.05, 0.1) is 11.9 Å². The van der Waals surface area contributed by atoms with Crippen LogP contribution < -0.4 is 5.32 Å². The van der Waals surface area contributed by atoms with Crippen LogP contribution in [0.1, 0.15) is 23.2 Å². The van der Waals surface area contributed by atoms with Gasteiger partial charge in [-0.2, -0.15) is 0 Å². The minimum atomic E-state index is -3.12. The third-order valence-electron chi connectivity index (χ3n) is 4.79. The van der Waals surface area contributed by atoms with E-state index in [1.807, 2.05) is 37.3 Å². The molecule has 0 atom stereocenters. The Labute approximate surface area is 175 Å². The van der Waals surface area contributed by atoms with Gasteiger partial charge < -0.3 is 18.9 Å². The first-order valence-corrected chi connectivity index (χ1v) is 11.3. The SMILES string of the molecule is COP(=O)(Cc1ccc(NC(=O)CCc2c(C)noc2-c2ccccc2)cc1)OC. The van der Waals surface area contributed by atoms with Crippen molar-refractivity contribution in [3.63, 3.8) is 0 Å². The Hall–Kier alpha value is -2.73. The maximum Gasteiger partial charge on any atom is 0.334 e. The van der Waals surface area contributed by atoms with E-state index in [0.717, 1.165) is 22.4 Å². The summed E-state index contributed by atoms with van der Waals surface area (Å²) in [4.78, 5) is 12.4. The van der Waals surface area contributed by atoms with Gasteiger partial charge in [0.15, 0.2) is 5.76 Å². The summed E-state index contributed by atoms with van der Waals surface area (Å²) < 4.78 is 27.6. The van der Waals surface area contributed by atoms with E-state index in [1.165, 1.54) is 14.2 Å². The molecule has 0 unspecified atom stereocenters. The molecule has 8 heteroatoms. The number of rotatable bonds is 9. The van der Waals surface area contributed by atoms with Crippen molar-refractivity contribution in [2.24, 2.45) is 0 Å². The Bertz CT molecular complexity index is 1020. The van der Waals surface area contributed by atoms with Gasteiger partial charge >= 0.3 is 7.60 Å². The van der Waals surface area contributed by atoms with E-state index < -0.39 is 7.60 Å². The number of aryl methyl sites for hydroxylation is 1. The lowest BCUT2D eigenvalue weighted by Gasteiger charge is -2.13. The lowest BCUT2D eigenvalue weighted by molar-refractivity contribution is -0.116. The average Bonchev–Trinajstić information content (AvgIpc) is 3.14. The van der Waals surface area contributed by atoms with E-state index in [9.17, 15) is 9.36 Å². The first-order valence-electron chi connectivity index (χ1n) is 9.54. The first-order chi connectivity index (χ1) is 14.4. The molecule has 0 saturated heterocycles. The minimum Gasteiger partial charge on any atom is -0.356 e. The zero-order valence-electron chi connectivity index (χ0n) is 17.3. The van der Waals surface area contributed by atoms with Crippen molar-refractivity contribution in [1.29, 1.82) is 0 Å². The van der Waals surface area contributed by atoms with E-state index in [1.54, 1.807) is 24.3 Å². The van der Waals surface area contributed by atoms with Crippen molar-refractivity contribution in [2.45, 2.75) is 25.9 Å². The largest absolute Gasteiger partial charge is 0.356 e. The molecule has 2 aromatic carbocycles. The Morgan fingerprint density at radius 1 is 1.07 bits per heavy atom. The number of anilines is 1. The second-order valence-corrected chi connectivity index (χ2v) is 9.09. The maximum atomic E-state index is 12.4. The Kier molecular flexibility index (Phi) is 7.21. The lowest BCUT2D eigenvalue weighted by Crippen LogP contribution is -2.12. The van der Waals surface area contributed by atoms with Crippen LogP contribution in [0.25, 0.3) is 11.3 Å². The van der Waals surface area contributed by atoms with Crippen LogP contribution >= 0.6 is 7.60 Å². The normalized spacial score (nSPS) is 11.4. The third kappa shape index (κ3) is 5.45. The van der Waals surface area contributed by atoms with Crippen molar-refractivity contribution in [2.75, 3.05) is 19.5 Å². The highest BCUT2D eigenvalue weighted by atomic mass is 31.2. The number of aromatic nitrogens is 1. The molecule has 0 aliphatic rings. The summed E-state index contributed by atoms with van der Waals surface area (Å²) in [6.07, 6.45) is 0.990. The molecule has 30 heavy (non-hydrogen) atoms. The Morgan fingerprint density at radius 3 is 2.37 bits per heavy atom. The summed E-state index contributed by atoms with van der Waals surface area (Å²) in [5.41, 5.74) is 4.12. The fourth-order valence-electron chi connectivity index (χ4n) is 3.08. The van der Waals surface area contributed by atoms with E-state index in [0.29, 0.717) is 24.3 Å². The molecular weight excluding hydrogens is 403 g/mol. The number of hydrogen-bond acceptors (Lipinski definition) is 6. The highest BCUT2D eigenvalue weighted by molar-refractivity contribution is 7.52. The number of amides is 1. The van der Waals surface area contributed by atoms with Gasteiger partial charge in [0.25, 0.3) is 0 Å². The van der Waals surface area contributed by atoms with Crippen molar-refractivity contribution < 1.29 is 22.9 Å². The van der Waals surface area contributed by atoms with Gasteiger partial charge in [-0.1, -0.05) is 47.6 Å². The van der Waals surface area contributed by atoms with Gasteiger partial charge in [0.2, 0.25) is 5.91 Å². The van der Waals surface area contributed by atoms with E-state index in [4.69, 9.17) is 13.6 Å². The summed E-state index contributed by atoms with van der Waals surface area (Å²) in [5.74, 6) is 0.591. The highest BCUT2D eigenvalue weighted by Gasteiger charge is 2.21. The van der Waals surface area contributed by atoms with Crippen molar-refractivity contribution in [3.05, 3.63) is 71.4 Å². The van der Waals surface area contributed by atoms with Crippen LogP contribution in [0, 0.1) is 6.92 Å². The first kappa shape index (κ1) is 22.0. The number of hydrogen-bond donors (Lipinski definition) is 1. The molecule has 3 rings (SSSR count). The predicted octanol–water partition coefficient (Wildman–Crippen LogP) is 5.21. The second-order valence-electron chi connectivity index (χ2n) is 6.82. The molecule has 0 bridgehead atoms. The molecule has 0 saturated carbocycles. The molecular formula is C22H25N2O5P. The third-order valence-corrected chi connectivity index (χ3v) is 6.66. The van der Waals surface area contributed by atoms with Crippen molar-refractivity contribution in [1.82, 2.24) is 5.16 Å². The molecule has 1 amide bonds. The molecule has 0 aliphatic carbocycles. The summed E-state index contributed by atoms with van der Waals surface area (Å²) in [5, 5.41) is 6.94. The predicted molar refractivity (Wildman–Crippen MR) is 115 cm³/mol. The fourth-order valence-corrected chi connectivity index (χ4v) is 4.15. The second kappa shape index (κ2) is 9.85. The number of carbonyl (C=O) groups excluding carboxylic acids is 1. The van der Waals surface area contributed by atoms with E-state index >= 15 is 0 Å². The molecule has 1 aromatic heterocycles. The summed E-state index contributed by atoms with van der Waals surface area (Å²) in [7, 11) is -0.401. The zero-order chi connectivity index (χ0) is 21.6. The molecule has 158 valence electrons. The van der Waals surface area contributed by atoms with Gasteiger partial charge in [-0.3, -0.25) is 9.36 Å². The van der Waals surface area contributed by atoms with Crippen LogP contribution in [-0.4, -0.2) is 25.3 Å². The molecule has 7 nitrogen and oxygen atoms in total.